The van der Waals surface area contributed by atoms with Crippen molar-refractivity contribution in [1.82, 2.24) is 5.32 Å². The van der Waals surface area contributed by atoms with Crippen LogP contribution in [0.5, 0.6) is 0 Å². The number of rotatable bonds is 14. The van der Waals surface area contributed by atoms with E-state index in [9.17, 15) is 20.3 Å². The molecule has 0 aliphatic rings. The van der Waals surface area contributed by atoms with Gasteiger partial charge in [-0.3, -0.25) is 10.1 Å². The molecule has 0 fully saturated rings. The maximum atomic E-state index is 10.3. The summed E-state index contributed by atoms with van der Waals surface area (Å²) in [6, 6.07) is 0.294. The van der Waals surface area contributed by atoms with Crippen molar-refractivity contribution < 1.29 is 15.1 Å². The number of nitrogens with one attached hydrogen (secondary N) is 1. The van der Waals surface area contributed by atoms with E-state index in [1.54, 1.807) is 13.8 Å². The molecule has 6 nitrogen and oxygen atoms in total. The molecule has 0 heterocycles. The summed E-state index contributed by atoms with van der Waals surface area (Å²) in [6.45, 7) is 10.1. The second kappa shape index (κ2) is 12.1. The van der Waals surface area contributed by atoms with Crippen LogP contribution in [0.25, 0.3) is 0 Å². The highest BCUT2D eigenvalue weighted by Crippen LogP contribution is 2.36. The van der Waals surface area contributed by atoms with Gasteiger partial charge < -0.3 is 15.5 Å². The lowest BCUT2D eigenvalue weighted by atomic mass is 10.0. The van der Waals surface area contributed by atoms with Gasteiger partial charge in [0.1, 0.15) is 0 Å². The molecule has 0 aromatic heterocycles. The first-order chi connectivity index (χ1) is 11.1. The molecule has 0 unspecified atom stereocenters. The molecule has 0 aliphatic heterocycles. The Hall–Kier alpha value is -0.280. The van der Waals surface area contributed by atoms with E-state index in [2.05, 4.69) is 31.4 Å². The molecule has 0 saturated carbocycles. The van der Waals surface area contributed by atoms with E-state index in [1.165, 1.54) is 11.8 Å². The Bertz CT molecular complexity index is 392. The van der Waals surface area contributed by atoms with Crippen molar-refractivity contribution in [3.05, 3.63) is 22.3 Å². The fourth-order valence-electron chi connectivity index (χ4n) is 2.21. The van der Waals surface area contributed by atoms with Crippen LogP contribution in [0.2, 0.25) is 0 Å². The van der Waals surface area contributed by atoms with E-state index in [0.717, 1.165) is 37.7 Å². The monoisotopic (exact) mass is 380 g/mol. The van der Waals surface area contributed by atoms with Crippen LogP contribution in [0.3, 0.4) is 0 Å². The van der Waals surface area contributed by atoms with Crippen molar-refractivity contribution >= 4 is 24.4 Å². The number of aliphatic hydroxyl groups excluding tert-OH is 1. The number of nitro groups is 1. The van der Waals surface area contributed by atoms with Crippen molar-refractivity contribution in [3.63, 3.8) is 0 Å². The summed E-state index contributed by atoms with van der Waals surface area (Å²) in [5.41, 5.74) is 1.09. The van der Waals surface area contributed by atoms with Gasteiger partial charge in [-0.1, -0.05) is 19.1 Å². The fourth-order valence-corrected chi connectivity index (χ4v) is 4.43. The van der Waals surface area contributed by atoms with Gasteiger partial charge in [-0.05, 0) is 46.0 Å². The van der Waals surface area contributed by atoms with Gasteiger partial charge in [-0.2, -0.15) is 12.6 Å². The molecule has 0 rings (SSSR count). The number of thiol groups is 1. The summed E-state index contributed by atoms with van der Waals surface area (Å²) >= 11 is 5.93. The molecule has 3 N–H and O–H groups in total. The smallest absolute Gasteiger partial charge is 0.216 e. The number of thioether (sulfide) groups is 1. The predicted octanol–water partition coefficient (Wildman–Crippen LogP) is 2.83. The number of hydrogen-bond acceptors (Lipinski definition) is 7. The van der Waals surface area contributed by atoms with Gasteiger partial charge in [0.2, 0.25) is 6.54 Å². The van der Waals surface area contributed by atoms with Gasteiger partial charge in [-0.15, -0.1) is 11.8 Å². The minimum atomic E-state index is -1.39. The molecule has 0 saturated heterocycles. The molecule has 2 atom stereocenters. The van der Waals surface area contributed by atoms with Crippen LogP contribution in [0.4, 0.5) is 0 Å². The number of nitrogens with zero attached hydrogens (tertiary/aromatic N) is 1. The molecule has 142 valence electrons. The van der Waals surface area contributed by atoms with Crippen LogP contribution in [0.1, 0.15) is 52.9 Å². The summed E-state index contributed by atoms with van der Waals surface area (Å²) in [6.07, 6.45) is 3.08. The van der Waals surface area contributed by atoms with Crippen molar-refractivity contribution in [2.24, 2.45) is 0 Å². The average molecular weight is 381 g/mol. The molecular formula is C16H32N2O4S2. The van der Waals surface area contributed by atoms with Crippen molar-refractivity contribution in [3.8, 4) is 0 Å². The molecule has 0 aromatic carbocycles. The minimum Gasteiger partial charge on any atom is -0.367 e. The average Bonchev–Trinajstić information content (AvgIpc) is 2.44. The summed E-state index contributed by atoms with van der Waals surface area (Å²) in [5.74, 6) is 0. The highest BCUT2D eigenvalue weighted by atomic mass is 32.2. The third-order valence-electron chi connectivity index (χ3n) is 3.83. The number of hydrogen-bond donors (Lipinski definition) is 4. The lowest BCUT2D eigenvalue weighted by Crippen LogP contribution is -2.33. The number of allylic oxidation sites excluding steroid dienone is 1. The molecule has 0 radical (unpaired) electrons. The van der Waals surface area contributed by atoms with Gasteiger partial charge >= 0.3 is 0 Å². The van der Waals surface area contributed by atoms with Crippen molar-refractivity contribution in [1.29, 1.82) is 0 Å². The Balaban J connectivity index is 4.01. The van der Waals surface area contributed by atoms with Gasteiger partial charge in [0.05, 0.1) is 15.9 Å². The Morgan fingerprint density at radius 1 is 1.46 bits per heavy atom. The van der Waals surface area contributed by atoms with E-state index in [1.807, 2.05) is 0 Å². The molecule has 8 heteroatoms. The van der Waals surface area contributed by atoms with E-state index >= 15 is 0 Å². The Kier molecular flexibility index (Phi) is 12.0. The normalized spacial score (nSPS) is 14.6. The summed E-state index contributed by atoms with van der Waals surface area (Å²) in [4.78, 5) is 10.0. The summed E-state index contributed by atoms with van der Waals surface area (Å²) in [5, 5.41) is 32.2. The zero-order valence-corrected chi connectivity index (χ0v) is 16.6. The van der Waals surface area contributed by atoms with Gasteiger partial charge in [0.25, 0.3) is 0 Å². The largest absolute Gasteiger partial charge is 0.367 e. The third kappa shape index (κ3) is 11.3. The Morgan fingerprint density at radius 2 is 2.08 bits per heavy atom. The van der Waals surface area contributed by atoms with E-state index in [4.69, 9.17) is 0 Å². The van der Waals surface area contributed by atoms with E-state index < -0.39 is 11.0 Å². The van der Waals surface area contributed by atoms with Crippen LogP contribution >= 0.6 is 24.4 Å². The van der Waals surface area contributed by atoms with E-state index in [-0.39, 0.29) is 16.1 Å². The number of aliphatic hydroxyl groups is 2. The van der Waals surface area contributed by atoms with Gasteiger partial charge in [0, 0.05) is 11.0 Å². The van der Waals surface area contributed by atoms with Crippen molar-refractivity contribution in [2.75, 3.05) is 13.1 Å². The highest BCUT2D eigenvalue weighted by Gasteiger charge is 2.29. The molecule has 0 amide bonds. The Labute approximate surface area is 155 Å². The molecule has 0 spiro atoms. The minimum absolute atomic E-state index is 0.0329. The first-order valence-corrected chi connectivity index (χ1v) is 9.72. The lowest BCUT2D eigenvalue weighted by molar-refractivity contribution is -0.478. The molecule has 0 aliphatic carbocycles. The van der Waals surface area contributed by atoms with Crippen molar-refractivity contribution in [2.45, 2.75) is 74.5 Å². The molecular weight excluding hydrogens is 348 g/mol. The maximum Gasteiger partial charge on any atom is 0.216 e. The van der Waals surface area contributed by atoms with Crippen LogP contribution < -0.4 is 5.32 Å². The maximum absolute atomic E-state index is 10.3. The fraction of sp³-hybridized carbons (Fsp3) is 0.875. The molecule has 0 aromatic rings. The third-order valence-corrected chi connectivity index (χ3v) is 5.58. The lowest BCUT2D eigenvalue weighted by Gasteiger charge is -2.29. The first kappa shape index (κ1) is 23.7. The second-order valence-electron chi connectivity index (χ2n) is 6.51. The second-order valence-corrected chi connectivity index (χ2v) is 9.34. The topological polar surface area (TPSA) is 95.6 Å². The SMILES string of the molecule is C=C(CCC[C@@H](CC)NCC[N+](=O)[O-])C[C@H](S)SC(C)(C)C(O)O. The van der Waals surface area contributed by atoms with Crippen LogP contribution in [0.15, 0.2) is 12.2 Å². The van der Waals surface area contributed by atoms with E-state index in [0.29, 0.717) is 12.6 Å². The molecule has 0 bridgehead atoms. The zero-order chi connectivity index (χ0) is 18.8. The standard InChI is InChI=1S/C16H32N2O4S2/c1-5-13(17-9-10-18(21)22)8-6-7-12(2)11-14(23)24-16(3,4)15(19)20/h13-15,17,19-20,23H,2,5-11H2,1,3-4H3/t13-,14-/m1/s1. The highest BCUT2D eigenvalue weighted by molar-refractivity contribution is 8.11. The first-order valence-electron chi connectivity index (χ1n) is 8.32. The summed E-state index contributed by atoms with van der Waals surface area (Å²) in [7, 11) is 0. The van der Waals surface area contributed by atoms with Crippen LogP contribution in [0, 0.1) is 10.1 Å². The summed E-state index contributed by atoms with van der Waals surface area (Å²) < 4.78 is -0.699. The molecule has 24 heavy (non-hydrogen) atoms. The van der Waals surface area contributed by atoms with Gasteiger partial charge in [0.15, 0.2) is 6.29 Å². The zero-order valence-electron chi connectivity index (χ0n) is 14.9. The Morgan fingerprint density at radius 3 is 2.58 bits per heavy atom. The quantitative estimate of drug-likeness (QED) is 0.122. The predicted molar refractivity (Wildman–Crippen MR) is 104 cm³/mol. The van der Waals surface area contributed by atoms with Crippen LogP contribution in [-0.2, 0) is 0 Å². The van der Waals surface area contributed by atoms with Gasteiger partial charge in [-0.25, -0.2) is 0 Å². The van der Waals surface area contributed by atoms with Crippen LogP contribution in [-0.4, -0.2) is 49.9 Å².